The molecular weight excluding hydrogens is 164 g/mol. The molecule has 0 aromatic carbocycles. The Morgan fingerprint density at radius 3 is 3.00 bits per heavy atom. The van der Waals surface area contributed by atoms with E-state index < -0.39 is 0 Å². The summed E-state index contributed by atoms with van der Waals surface area (Å²) in [6.07, 6.45) is 5.67. The predicted molar refractivity (Wildman–Crippen MR) is 50.9 cm³/mol. The van der Waals surface area contributed by atoms with Gasteiger partial charge >= 0.3 is 0 Å². The molecule has 0 spiro atoms. The maximum Gasteiger partial charge on any atom is 0.122 e. The number of rotatable bonds is 2. The Balaban J connectivity index is 2.48. The molecule has 2 rings (SSSR count). The summed E-state index contributed by atoms with van der Waals surface area (Å²) < 4.78 is 2.00. The highest BCUT2D eigenvalue weighted by atomic mass is 15.1. The van der Waals surface area contributed by atoms with Crippen LogP contribution in [-0.4, -0.2) is 14.5 Å². The molecule has 2 heterocycles. The fourth-order valence-corrected chi connectivity index (χ4v) is 1.39. The fraction of sp³-hybridized carbons (Fsp3) is 0.222. The fourth-order valence-electron chi connectivity index (χ4n) is 1.39. The molecule has 4 nitrogen and oxygen atoms in total. The quantitative estimate of drug-likeness (QED) is 0.713. The Bertz CT molecular complexity index is 386. The second kappa shape index (κ2) is 3.06. The normalized spacial score (nSPS) is 10.6. The zero-order chi connectivity index (χ0) is 9.26. The zero-order valence-corrected chi connectivity index (χ0v) is 7.49. The van der Waals surface area contributed by atoms with Crippen LogP contribution in [0.2, 0.25) is 0 Å². The van der Waals surface area contributed by atoms with Crippen LogP contribution in [-0.2, 0) is 13.6 Å². The van der Waals surface area contributed by atoms with Gasteiger partial charge in [-0.05, 0) is 6.07 Å². The Morgan fingerprint density at radius 1 is 1.62 bits per heavy atom. The van der Waals surface area contributed by atoms with E-state index in [1.807, 2.05) is 36.3 Å². The van der Waals surface area contributed by atoms with Crippen molar-refractivity contribution in [3.8, 4) is 11.3 Å². The standard InChI is InChI=1S/C9H12N4/c1-13-8(6-12-9(13)4-10)7-2-3-11-5-7/h2-3,5-6,11H,4,10H2,1H3. The summed E-state index contributed by atoms with van der Waals surface area (Å²) in [5.74, 6) is 0.899. The smallest absolute Gasteiger partial charge is 0.122 e. The lowest BCUT2D eigenvalue weighted by molar-refractivity contribution is 0.799. The summed E-state index contributed by atoms with van der Waals surface area (Å²) in [6, 6.07) is 2.01. The number of nitrogens with two attached hydrogens (primary N) is 1. The van der Waals surface area contributed by atoms with Crippen molar-refractivity contribution in [3.63, 3.8) is 0 Å². The van der Waals surface area contributed by atoms with E-state index in [-0.39, 0.29) is 0 Å². The second-order valence-corrected chi connectivity index (χ2v) is 2.92. The van der Waals surface area contributed by atoms with Gasteiger partial charge in [-0.15, -0.1) is 0 Å². The van der Waals surface area contributed by atoms with Crippen molar-refractivity contribution in [1.82, 2.24) is 14.5 Å². The van der Waals surface area contributed by atoms with Crippen molar-refractivity contribution in [2.75, 3.05) is 0 Å². The van der Waals surface area contributed by atoms with E-state index in [2.05, 4.69) is 9.97 Å². The van der Waals surface area contributed by atoms with E-state index in [0.717, 1.165) is 17.1 Å². The number of imidazole rings is 1. The molecule has 0 radical (unpaired) electrons. The van der Waals surface area contributed by atoms with Gasteiger partial charge in [0.05, 0.1) is 18.4 Å². The highest BCUT2D eigenvalue weighted by molar-refractivity contribution is 5.58. The maximum absolute atomic E-state index is 5.53. The summed E-state index contributed by atoms with van der Waals surface area (Å²) in [4.78, 5) is 7.22. The van der Waals surface area contributed by atoms with Gasteiger partial charge in [0.1, 0.15) is 5.82 Å². The number of nitrogens with zero attached hydrogens (tertiary/aromatic N) is 2. The second-order valence-electron chi connectivity index (χ2n) is 2.92. The largest absolute Gasteiger partial charge is 0.367 e. The van der Waals surface area contributed by atoms with Crippen LogP contribution in [0.25, 0.3) is 11.3 Å². The van der Waals surface area contributed by atoms with Gasteiger partial charge in [0.25, 0.3) is 0 Å². The van der Waals surface area contributed by atoms with E-state index in [4.69, 9.17) is 5.73 Å². The van der Waals surface area contributed by atoms with E-state index in [1.54, 1.807) is 0 Å². The number of aromatic nitrogens is 3. The Kier molecular flexibility index (Phi) is 1.90. The van der Waals surface area contributed by atoms with Crippen molar-refractivity contribution in [2.45, 2.75) is 6.54 Å². The number of aromatic amines is 1. The van der Waals surface area contributed by atoms with Crippen molar-refractivity contribution < 1.29 is 0 Å². The topological polar surface area (TPSA) is 59.6 Å². The average molecular weight is 176 g/mol. The third kappa shape index (κ3) is 1.25. The van der Waals surface area contributed by atoms with Gasteiger partial charge in [0.15, 0.2) is 0 Å². The average Bonchev–Trinajstić information content (AvgIpc) is 2.72. The first kappa shape index (κ1) is 8.07. The molecule has 68 valence electrons. The highest BCUT2D eigenvalue weighted by Crippen LogP contribution is 2.18. The number of hydrogen-bond donors (Lipinski definition) is 2. The lowest BCUT2D eigenvalue weighted by Gasteiger charge is -2.01. The first-order chi connectivity index (χ1) is 6.33. The van der Waals surface area contributed by atoms with Crippen LogP contribution < -0.4 is 5.73 Å². The van der Waals surface area contributed by atoms with Crippen LogP contribution in [0.4, 0.5) is 0 Å². The van der Waals surface area contributed by atoms with Crippen LogP contribution in [0, 0.1) is 0 Å². The third-order valence-electron chi connectivity index (χ3n) is 2.16. The molecule has 0 atom stereocenters. The van der Waals surface area contributed by atoms with Crippen molar-refractivity contribution >= 4 is 0 Å². The van der Waals surface area contributed by atoms with Crippen LogP contribution >= 0.6 is 0 Å². The van der Waals surface area contributed by atoms with E-state index in [0.29, 0.717) is 6.54 Å². The summed E-state index contributed by atoms with van der Waals surface area (Å²) in [5.41, 5.74) is 7.75. The molecule has 0 bridgehead atoms. The minimum Gasteiger partial charge on any atom is -0.367 e. The van der Waals surface area contributed by atoms with Crippen LogP contribution in [0.15, 0.2) is 24.7 Å². The zero-order valence-electron chi connectivity index (χ0n) is 7.49. The first-order valence-corrected chi connectivity index (χ1v) is 4.16. The molecule has 0 unspecified atom stereocenters. The molecule has 0 amide bonds. The molecule has 2 aromatic rings. The summed E-state index contributed by atoms with van der Waals surface area (Å²) in [5, 5.41) is 0. The molecule has 0 aliphatic heterocycles. The Morgan fingerprint density at radius 2 is 2.46 bits per heavy atom. The van der Waals surface area contributed by atoms with Crippen LogP contribution in [0.1, 0.15) is 5.82 Å². The van der Waals surface area contributed by atoms with Crippen LogP contribution in [0.5, 0.6) is 0 Å². The molecule has 2 aromatic heterocycles. The van der Waals surface area contributed by atoms with Gasteiger partial charge in [-0.3, -0.25) is 0 Å². The molecule has 4 heteroatoms. The predicted octanol–water partition coefficient (Wildman–Crippen LogP) is 0.874. The maximum atomic E-state index is 5.53. The molecule has 0 saturated carbocycles. The van der Waals surface area contributed by atoms with E-state index in [9.17, 15) is 0 Å². The first-order valence-electron chi connectivity index (χ1n) is 4.16. The van der Waals surface area contributed by atoms with Gasteiger partial charge in [0.2, 0.25) is 0 Å². The summed E-state index contributed by atoms with van der Waals surface area (Å²) in [6.45, 7) is 0.473. The minimum atomic E-state index is 0.473. The molecular formula is C9H12N4. The van der Waals surface area contributed by atoms with Crippen molar-refractivity contribution in [3.05, 3.63) is 30.5 Å². The van der Waals surface area contributed by atoms with E-state index in [1.165, 1.54) is 0 Å². The lowest BCUT2D eigenvalue weighted by Crippen LogP contribution is -2.05. The monoisotopic (exact) mass is 176 g/mol. The Hall–Kier alpha value is -1.55. The van der Waals surface area contributed by atoms with Gasteiger partial charge in [-0.2, -0.15) is 0 Å². The number of H-pyrrole nitrogens is 1. The SMILES string of the molecule is Cn1c(-c2cc[nH]c2)cnc1CN. The van der Waals surface area contributed by atoms with Crippen molar-refractivity contribution in [2.24, 2.45) is 12.8 Å². The highest BCUT2D eigenvalue weighted by Gasteiger charge is 2.06. The molecule has 0 aliphatic rings. The summed E-state index contributed by atoms with van der Waals surface area (Å²) in [7, 11) is 1.97. The lowest BCUT2D eigenvalue weighted by atomic mass is 10.2. The molecule has 0 aliphatic carbocycles. The minimum absolute atomic E-state index is 0.473. The molecule has 13 heavy (non-hydrogen) atoms. The molecule has 3 N–H and O–H groups in total. The van der Waals surface area contributed by atoms with Gasteiger partial charge in [-0.25, -0.2) is 4.98 Å². The number of hydrogen-bond acceptors (Lipinski definition) is 2. The van der Waals surface area contributed by atoms with Gasteiger partial charge in [-0.1, -0.05) is 0 Å². The van der Waals surface area contributed by atoms with Gasteiger partial charge in [0, 0.05) is 25.0 Å². The molecule has 0 saturated heterocycles. The molecule has 0 fully saturated rings. The number of nitrogens with one attached hydrogen (secondary N) is 1. The Labute approximate surface area is 76.4 Å². The van der Waals surface area contributed by atoms with Crippen LogP contribution in [0.3, 0.4) is 0 Å². The van der Waals surface area contributed by atoms with Gasteiger partial charge < -0.3 is 15.3 Å². The summed E-state index contributed by atoms with van der Waals surface area (Å²) >= 11 is 0. The van der Waals surface area contributed by atoms with Crippen molar-refractivity contribution in [1.29, 1.82) is 0 Å². The third-order valence-corrected chi connectivity index (χ3v) is 2.16. The van der Waals surface area contributed by atoms with E-state index >= 15 is 0 Å².